The van der Waals surface area contributed by atoms with Crippen LogP contribution < -0.4 is 0 Å². The van der Waals surface area contributed by atoms with Crippen LogP contribution in [0, 0.1) is 12.7 Å². The molecule has 1 aliphatic carbocycles. The van der Waals surface area contributed by atoms with Crippen LogP contribution in [0.2, 0.25) is 0 Å². The lowest BCUT2D eigenvalue weighted by atomic mass is 9.96. The third kappa shape index (κ3) is 3.06. The molecule has 1 aliphatic rings. The second kappa shape index (κ2) is 5.09. The topological polar surface area (TPSA) is 60.4 Å². The van der Waals surface area contributed by atoms with Crippen LogP contribution in [0.1, 0.15) is 35.2 Å². The smallest absolute Gasteiger partial charge is 0.338 e. The first kappa shape index (κ1) is 14.3. The Bertz CT molecular complexity index is 623. The second-order valence-corrected chi connectivity index (χ2v) is 7.01. The Kier molecular flexibility index (Phi) is 3.82. The summed E-state index contributed by atoms with van der Waals surface area (Å²) >= 11 is 0. The fraction of sp³-hybridized carbons (Fsp3) is 0.417. The SMILES string of the molecule is Cc1c(F)cc(C(=O)OC2CCC2)cc1S(=O)(=O)Cl. The molecule has 7 heteroatoms. The molecule has 1 saturated carbocycles. The third-order valence-corrected chi connectivity index (χ3v) is 4.57. The lowest BCUT2D eigenvalue weighted by Crippen LogP contribution is -2.25. The van der Waals surface area contributed by atoms with Gasteiger partial charge in [-0.3, -0.25) is 0 Å². The predicted molar refractivity (Wildman–Crippen MR) is 67.2 cm³/mol. The first-order valence-electron chi connectivity index (χ1n) is 5.75. The molecular formula is C12H12ClFO4S. The molecule has 1 aromatic carbocycles. The van der Waals surface area contributed by atoms with Crippen molar-refractivity contribution in [2.45, 2.75) is 37.2 Å². The normalized spacial score (nSPS) is 15.9. The van der Waals surface area contributed by atoms with Gasteiger partial charge in [0.25, 0.3) is 9.05 Å². The Morgan fingerprint density at radius 1 is 1.42 bits per heavy atom. The molecule has 0 spiro atoms. The Balaban J connectivity index is 2.36. The first-order valence-corrected chi connectivity index (χ1v) is 8.06. The first-order chi connectivity index (χ1) is 8.79. The zero-order valence-corrected chi connectivity index (χ0v) is 11.7. The summed E-state index contributed by atoms with van der Waals surface area (Å²) in [5, 5.41) is 0. The van der Waals surface area contributed by atoms with Crippen molar-refractivity contribution in [3.63, 3.8) is 0 Å². The number of hydrogen-bond donors (Lipinski definition) is 0. The van der Waals surface area contributed by atoms with Crippen LogP contribution in [-0.2, 0) is 13.8 Å². The highest BCUT2D eigenvalue weighted by Gasteiger charge is 2.25. The number of esters is 1. The van der Waals surface area contributed by atoms with Gasteiger partial charge >= 0.3 is 5.97 Å². The van der Waals surface area contributed by atoms with E-state index in [1.54, 1.807) is 0 Å². The lowest BCUT2D eigenvalue weighted by molar-refractivity contribution is 0.00893. The molecule has 2 rings (SSSR count). The average molecular weight is 307 g/mol. The van der Waals surface area contributed by atoms with Gasteiger partial charge < -0.3 is 4.74 Å². The van der Waals surface area contributed by atoms with Gasteiger partial charge in [0.1, 0.15) is 11.9 Å². The zero-order chi connectivity index (χ0) is 14.2. The monoisotopic (exact) mass is 306 g/mol. The van der Waals surface area contributed by atoms with Gasteiger partial charge in [-0.25, -0.2) is 17.6 Å². The number of ether oxygens (including phenoxy) is 1. The van der Waals surface area contributed by atoms with Crippen LogP contribution >= 0.6 is 10.7 Å². The molecule has 104 valence electrons. The van der Waals surface area contributed by atoms with Crippen LogP contribution in [0.25, 0.3) is 0 Å². The van der Waals surface area contributed by atoms with E-state index in [-0.39, 0.29) is 17.2 Å². The van der Waals surface area contributed by atoms with Crippen molar-refractivity contribution >= 4 is 25.7 Å². The molecule has 0 bridgehead atoms. The summed E-state index contributed by atoms with van der Waals surface area (Å²) in [6.07, 6.45) is 2.39. The van der Waals surface area contributed by atoms with Crippen LogP contribution in [0.3, 0.4) is 0 Å². The number of benzene rings is 1. The van der Waals surface area contributed by atoms with Crippen molar-refractivity contribution in [3.8, 4) is 0 Å². The van der Waals surface area contributed by atoms with E-state index in [9.17, 15) is 17.6 Å². The van der Waals surface area contributed by atoms with Crippen molar-refractivity contribution in [3.05, 3.63) is 29.1 Å². The summed E-state index contributed by atoms with van der Waals surface area (Å²) in [5.74, 6) is -1.53. The van der Waals surface area contributed by atoms with E-state index < -0.39 is 25.7 Å². The number of carbonyl (C=O) groups is 1. The highest BCUT2D eigenvalue weighted by Crippen LogP contribution is 2.26. The number of hydrogen-bond acceptors (Lipinski definition) is 4. The summed E-state index contributed by atoms with van der Waals surface area (Å²) in [6.45, 7) is 1.28. The van der Waals surface area contributed by atoms with E-state index in [2.05, 4.69) is 0 Å². The molecule has 0 aromatic heterocycles. The summed E-state index contributed by atoms with van der Waals surface area (Å²) < 4.78 is 41.4. The Morgan fingerprint density at radius 2 is 2.05 bits per heavy atom. The molecule has 1 fully saturated rings. The highest BCUT2D eigenvalue weighted by atomic mass is 35.7. The van der Waals surface area contributed by atoms with E-state index in [0.29, 0.717) is 0 Å². The Labute approximate surface area is 114 Å². The molecule has 0 heterocycles. The van der Waals surface area contributed by atoms with Crippen LogP contribution in [-0.4, -0.2) is 20.5 Å². The van der Waals surface area contributed by atoms with Crippen LogP contribution in [0.4, 0.5) is 4.39 Å². The molecule has 0 unspecified atom stereocenters. The molecule has 0 aliphatic heterocycles. The van der Waals surface area contributed by atoms with Gasteiger partial charge in [-0.05, 0) is 38.3 Å². The summed E-state index contributed by atoms with van der Waals surface area (Å²) in [4.78, 5) is 11.4. The van der Waals surface area contributed by atoms with Crippen LogP contribution in [0.5, 0.6) is 0 Å². The van der Waals surface area contributed by atoms with Crippen molar-refractivity contribution in [1.82, 2.24) is 0 Å². The van der Waals surface area contributed by atoms with E-state index in [4.69, 9.17) is 15.4 Å². The number of carbonyl (C=O) groups excluding carboxylic acids is 1. The summed E-state index contributed by atoms with van der Waals surface area (Å²) in [6, 6.07) is 2.00. The quantitative estimate of drug-likeness (QED) is 0.636. The van der Waals surface area contributed by atoms with Crippen molar-refractivity contribution < 1.29 is 22.3 Å². The minimum absolute atomic E-state index is 0.116. The maximum absolute atomic E-state index is 13.6. The van der Waals surface area contributed by atoms with Gasteiger partial charge in [-0.2, -0.15) is 0 Å². The summed E-state index contributed by atoms with van der Waals surface area (Å²) in [7, 11) is 1.10. The lowest BCUT2D eigenvalue weighted by Gasteiger charge is -2.25. The maximum atomic E-state index is 13.6. The molecule has 19 heavy (non-hydrogen) atoms. The van der Waals surface area contributed by atoms with E-state index in [1.165, 1.54) is 6.92 Å². The van der Waals surface area contributed by atoms with Gasteiger partial charge in [0.15, 0.2) is 0 Å². The number of halogens is 2. The molecular weight excluding hydrogens is 295 g/mol. The van der Waals surface area contributed by atoms with Gasteiger partial charge in [0, 0.05) is 16.2 Å². The highest BCUT2D eigenvalue weighted by molar-refractivity contribution is 8.13. The maximum Gasteiger partial charge on any atom is 0.338 e. The minimum atomic E-state index is -4.11. The standard InChI is InChI=1S/C12H12ClFO4S/c1-7-10(14)5-8(6-11(7)19(13,16)17)12(15)18-9-3-2-4-9/h5-6,9H,2-4H2,1H3. The molecule has 1 aromatic rings. The predicted octanol–water partition coefficient (Wildman–Crippen LogP) is 2.77. The largest absolute Gasteiger partial charge is 0.459 e. The fourth-order valence-corrected chi connectivity index (χ4v) is 2.94. The van der Waals surface area contributed by atoms with Gasteiger partial charge in [-0.1, -0.05) is 0 Å². The third-order valence-electron chi connectivity index (χ3n) is 3.12. The molecule has 0 atom stereocenters. The summed E-state index contributed by atoms with van der Waals surface area (Å²) in [5.41, 5.74) is -0.260. The van der Waals surface area contributed by atoms with Crippen molar-refractivity contribution in [2.75, 3.05) is 0 Å². The molecule has 4 nitrogen and oxygen atoms in total. The molecule has 0 radical (unpaired) electrons. The van der Waals surface area contributed by atoms with Gasteiger partial charge in [0.2, 0.25) is 0 Å². The van der Waals surface area contributed by atoms with E-state index >= 15 is 0 Å². The van der Waals surface area contributed by atoms with E-state index in [0.717, 1.165) is 31.4 Å². The van der Waals surface area contributed by atoms with Gasteiger partial charge in [-0.15, -0.1) is 0 Å². The van der Waals surface area contributed by atoms with E-state index in [1.807, 2.05) is 0 Å². The molecule has 0 saturated heterocycles. The molecule has 0 N–H and O–H groups in total. The van der Waals surface area contributed by atoms with Crippen molar-refractivity contribution in [1.29, 1.82) is 0 Å². The van der Waals surface area contributed by atoms with Crippen molar-refractivity contribution in [2.24, 2.45) is 0 Å². The second-order valence-electron chi connectivity index (χ2n) is 4.48. The fourth-order valence-electron chi connectivity index (χ4n) is 1.73. The Hall–Kier alpha value is -1.14. The zero-order valence-electron chi connectivity index (χ0n) is 10.2. The van der Waals surface area contributed by atoms with Crippen LogP contribution in [0.15, 0.2) is 17.0 Å². The molecule has 0 amide bonds. The van der Waals surface area contributed by atoms with Gasteiger partial charge in [0.05, 0.1) is 10.5 Å². The number of rotatable bonds is 3. The average Bonchev–Trinajstić information content (AvgIpc) is 2.25. The Morgan fingerprint density at radius 3 is 2.53 bits per heavy atom. The minimum Gasteiger partial charge on any atom is -0.459 e.